The Balaban J connectivity index is 1.64. The zero-order chi connectivity index (χ0) is 34.5. The van der Waals surface area contributed by atoms with Gasteiger partial charge in [-0.05, 0) is 67.6 Å². The van der Waals surface area contributed by atoms with Crippen LogP contribution >= 0.6 is 0 Å². The first-order valence-corrected chi connectivity index (χ1v) is 9.96. The number of nitrogens with zero attached hydrogens (tertiary/aromatic N) is 4. The van der Waals surface area contributed by atoms with Crippen molar-refractivity contribution in [2.24, 2.45) is 5.73 Å². The molecule has 9 heteroatoms. The fourth-order valence-electron chi connectivity index (χ4n) is 3.56. The first-order valence-electron chi connectivity index (χ1n) is 16.0. The Hall–Kier alpha value is -4.14. The van der Waals surface area contributed by atoms with Crippen molar-refractivity contribution >= 4 is 29.1 Å². The Bertz CT molecular complexity index is 1800. The number of hydrogen-bond donors (Lipinski definition) is 1. The first-order chi connectivity index (χ1) is 21.1. The highest BCUT2D eigenvalue weighted by atomic mass is 16.5. The third-order valence-corrected chi connectivity index (χ3v) is 5.15. The summed E-state index contributed by atoms with van der Waals surface area (Å²) in [5.41, 5.74) is 3.35. The summed E-state index contributed by atoms with van der Waals surface area (Å²) in [4.78, 5) is 40.4. The van der Waals surface area contributed by atoms with Gasteiger partial charge in [0.15, 0.2) is 5.69 Å². The van der Waals surface area contributed by atoms with E-state index in [0.717, 1.165) is 31.4 Å². The molecule has 0 saturated carbocycles. The number of piperidine rings is 1. The van der Waals surface area contributed by atoms with Crippen LogP contribution in [0.3, 0.4) is 0 Å². The number of benzene rings is 2. The summed E-state index contributed by atoms with van der Waals surface area (Å²) in [5.74, 6) is -3.71. The topological polar surface area (TPSA) is 111 Å². The second kappa shape index (κ2) is 8.66. The van der Waals surface area contributed by atoms with Crippen molar-refractivity contribution in [3.05, 3.63) is 65.4 Å². The zero-order valence-corrected chi connectivity index (χ0v) is 17.7. The average Bonchev–Trinajstić information content (AvgIpc) is 3.30. The first kappa shape index (κ1) is 11.8. The molecule has 1 fully saturated rings. The van der Waals surface area contributed by atoms with Gasteiger partial charge < -0.3 is 20.3 Å². The molecule has 0 bridgehead atoms. The molecule has 3 heterocycles. The molecule has 34 heavy (non-hydrogen) atoms. The summed E-state index contributed by atoms with van der Waals surface area (Å²) in [7, 11) is 1.14. The number of carbonyl (C=O) groups is 3. The second-order valence-corrected chi connectivity index (χ2v) is 7.15. The summed E-state index contributed by atoms with van der Waals surface area (Å²) < 4.78 is 105. The van der Waals surface area contributed by atoms with Gasteiger partial charge in [-0.1, -0.05) is 0 Å². The number of ether oxygens (including phenoxy) is 1. The van der Waals surface area contributed by atoms with Crippen LogP contribution in [0.1, 0.15) is 62.2 Å². The quantitative estimate of drug-likeness (QED) is 0.615. The lowest BCUT2D eigenvalue weighted by molar-refractivity contribution is -0.119. The minimum absolute atomic E-state index is 0.143. The molecule has 1 aromatic heterocycles. The van der Waals surface area contributed by atoms with Crippen LogP contribution in [0.2, 0.25) is 0 Å². The van der Waals surface area contributed by atoms with Crippen molar-refractivity contribution in [2.75, 3.05) is 29.9 Å². The van der Waals surface area contributed by atoms with E-state index >= 15 is 0 Å². The Kier molecular flexibility index (Phi) is 3.01. The van der Waals surface area contributed by atoms with Gasteiger partial charge in [-0.25, -0.2) is 4.68 Å². The lowest BCUT2D eigenvalue weighted by Crippen LogP contribution is -2.39. The lowest BCUT2D eigenvalue weighted by Gasteiger charge is -2.29. The molecular formula is C25H25N5O4. The maximum Gasteiger partial charge on any atom is 0.277 e. The maximum atomic E-state index is 14.1. The molecule has 0 spiro atoms. The van der Waals surface area contributed by atoms with Crippen LogP contribution in [0, 0.1) is 0 Å². The Labute approximate surface area is 213 Å². The predicted molar refractivity (Wildman–Crippen MR) is 127 cm³/mol. The van der Waals surface area contributed by atoms with Gasteiger partial charge in [0, 0.05) is 44.6 Å². The van der Waals surface area contributed by atoms with Crippen LogP contribution < -0.4 is 20.3 Å². The molecule has 174 valence electrons. The molecule has 3 amide bonds. The van der Waals surface area contributed by atoms with E-state index in [0.29, 0.717) is 14.5 Å². The summed E-state index contributed by atoms with van der Waals surface area (Å²) in [6, 6.07) is 1.96. The van der Waals surface area contributed by atoms with E-state index in [2.05, 4.69) is 5.10 Å². The van der Waals surface area contributed by atoms with Crippen LogP contribution in [-0.2, 0) is 11.2 Å². The van der Waals surface area contributed by atoms with E-state index < -0.39 is 97.5 Å². The van der Waals surface area contributed by atoms with Crippen LogP contribution in [0.5, 0.6) is 5.75 Å². The molecule has 1 saturated heterocycles. The Morgan fingerprint density at radius 3 is 2.32 bits per heavy atom. The van der Waals surface area contributed by atoms with Gasteiger partial charge in [0.1, 0.15) is 11.4 Å². The number of primary amides is 1. The molecule has 2 aliphatic heterocycles. The van der Waals surface area contributed by atoms with Crippen molar-refractivity contribution in [1.82, 2.24) is 9.78 Å². The molecular weight excluding hydrogens is 434 g/mol. The third kappa shape index (κ3) is 3.68. The van der Waals surface area contributed by atoms with E-state index in [1.54, 1.807) is 0 Å². The molecule has 5 rings (SSSR count). The van der Waals surface area contributed by atoms with Gasteiger partial charge in [0.05, 0.1) is 21.0 Å². The Morgan fingerprint density at radius 1 is 1.00 bits per heavy atom. The molecule has 0 radical (unpaired) electrons. The molecule has 3 aromatic rings. The number of aromatic nitrogens is 2. The van der Waals surface area contributed by atoms with Crippen molar-refractivity contribution in [2.45, 2.75) is 25.6 Å². The van der Waals surface area contributed by atoms with Crippen molar-refractivity contribution in [3.8, 4) is 11.4 Å². The molecule has 0 aliphatic carbocycles. The number of methoxy groups -OCH3 is 1. The van der Waals surface area contributed by atoms with Gasteiger partial charge in [0.2, 0.25) is 5.91 Å². The van der Waals surface area contributed by atoms with Crippen LogP contribution in [-0.4, -0.2) is 47.6 Å². The maximum absolute atomic E-state index is 14.1. The highest BCUT2D eigenvalue weighted by Gasteiger charge is 2.34. The summed E-state index contributed by atoms with van der Waals surface area (Å²) >= 11 is 0. The minimum atomic E-state index is -3.14. The summed E-state index contributed by atoms with van der Waals surface area (Å²) in [5, 5.41) is 4.02. The third-order valence-electron chi connectivity index (χ3n) is 5.15. The van der Waals surface area contributed by atoms with Gasteiger partial charge in [-0.3, -0.25) is 14.4 Å². The molecule has 9 nitrogen and oxygen atoms in total. The van der Waals surface area contributed by atoms with E-state index in [-0.39, 0.29) is 22.7 Å². The molecule has 0 unspecified atom stereocenters. The fraction of sp³-hybridized carbons (Fsp3) is 0.280. The van der Waals surface area contributed by atoms with E-state index in [9.17, 15) is 14.4 Å². The average molecular weight is 472 g/mol. The minimum Gasteiger partial charge on any atom is -0.497 e. The Morgan fingerprint density at radius 2 is 1.68 bits per heavy atom. The number of rotatable bonds is 5. The fourth-order valence-corrected chi connectivity index (χ4v) is 3.56. The van der Waals surface area contributed by atoms with Gasteiger partial charge in [-0.15, -0.1) is 0 Å². The molecule has 2 aliphatic rings. The van der Waals surface area contributed by atoms with Crippen LogP contribution in [0.15, 0.2) is 48.4 Å². The lowest BCUT2D eigenvalue weighted by atomic mass is 10.0. The smallest absolute Gasteiger partial charge is 0.277 e. The monoisotopic (exact) mass is 471 g/mol. The predicted octanol–water partition coefficient (Wildman–Crippen LogP) is 2.70. The number of carbonyl (C=O) groups excluding carboxylic acids is 3. The van der Waals surface area contributed by atoms with Crippen molar-refractivity contribution < 1.29 is 35.6 Å². The van der Waals surface area contributed by atoms with E-state index in [1.807, 2.05) is 0 Å². The SMILES string of the molecule is [2H]c1c([2H])c(-n2nc(C(N)=O)c3c2C(=O)N(c2ccc(N4C(=O)CC([2H])([2H])C([2H])([2H])C4([2H])[2H])cc2)C([2H])([2H])C3)c([2H])c([2H])c1OC. The molecule has 2 N–H and O–H groups in total. The number of fused-ring (bicyclic) bond motifs is 1. The summed E-state index contributed by atoms with van der Waals surface area (Å²) in [6.45, 7) is -5.69. The normalized spacial score (nSPS) is 27.0. The van der Waals surface area contributed by atoms with Crippen molar-refractivity contribution in [1.29, 1.82) is 0 Å². The highest BCUT2D eigenvalue weighted by Crippen LogP contribution is 2.31. The molecule has 0 atom stereocenters. The van der Waals surface area contributed by atoms with Crippen LogP contribution in [0.25, 0.3) is 5.69 Å². The van der Waals surface area contributed by atoms with Crippen LogP contribution in [0.4, 0.5) is 11.4 Å². The molecule has 2 aromatic carbocycles. The number of nitrogens with two attached hydrogens (primary N) is 1. The summed E-state index contributed by atoms with van der Waals surface area (Å²) in [6.07, 6.45) is -7.54. The zero-order valence-electron chi connectivity index (χ0n) is 29.7. The standard InChI is InChI=1S/C25H25N5O4/c1-34-19-11-9-18(10-12-19)30-23-20(22(27-30)24(26)32)13-15-29(25(23)33)17-7-5-16(6-8-17)28-14-3-2-4-21(28)31/h5-12H,2-4,13-15H2,1H3,(H2,26,32)/i2D2,3D2,9D,10D,11D,12D,14D2,15D2. The number of amides is 3. The largest absolute Gasteiger partial charge is 0.497 e. The van der Waals surface area contributed by atoms with E-state index in [1.165, 1.54) is 0 Å². The number of anilines is 2. The van der Waals surface area contributed by atoms with E-state index in [4.69, 9.17) is 26.9 Å². The van der Waals surface area contributed by atoms with Gasteiger partial charge in [-0.2, -0.15) is 5.10 Å². The van der Waals surface area contributed by atoms with Gasteiger partial charge in [0.25, 0.3) is 11.8 Å². The van der Waals surface area contributed by atoms with Gasteiger partial charge >= 0.3 is 0 Å². The highest BCUT2D eigenvalue weighted by molar-refractivity contribution is 6.09. The second-order valence-electron chi connectivity index (χ2n) is 7.15. The number of hydrogen-bond acceptors (Lipinski definition) is 5. The van der Waals surface area contributed by atoms with Crippen molar-refractivity contribution in [3.63, 3.8) is 0 Å².